The normalized spacial score (nSPS) is 16.8. The van der Waals surface area contributed by atoms with Gasteiger partial charge in [-0.1, -0.05) is 19.1 Å². The van der Waals surface area contributed by atoms with Crippen molar-refractivity contribution in [3.05, 3.63) is 51.7 Å². The highest BCUT2D eigenvalue weighted by Gasteiger charge is 2.30. The summed E-state index contributed by atoms with van der Waals surface area (Å²) in [5, 5.41) is 3.54. The number of ether oxygens (including phenoxy) is 1. The standard InChI is InChI=1S/C23H29FN2O3S/c1-5-29-23(28)20-18-10-9-14(2)11-19(18)30-22(20)25-21(27)15(3)26(4)13-16-7-6-8-17(24)12-16/h6-8,12,14-15H,5,9-11,13H2,1-4H3,(H,25,27)/t14-,15+/m1/s1. The molecule has 0 spiro atoms. The number of halogens is 1. The Morgan fingerprint density at radius 3 is 2.87 bits per heavy atom. The summed E-state index contributed by atoms with van der Waals surface area (Å²) in [7, 11) is 1.82. The molecule has 3 rings (SSSR count). The van der Waals surface area contributed by atoms with Gasteiger partial charge in [-0.25, -0.2) is 9.18 Å². The lowest BCUT2D eigenvalue weighted by Gasteiger charge is -2.24. The summed E-state index contributed by atoms with van der Waals surface area (Å²) >= 11 is 1.48. The molecule has 1 aromatic heterocycles. The summed E-state index contributed by atoms with van der Waals surface area (Å²) in [6.45, 7) is 6.51. The van der Waals surface area contributed by atoms with Gasteiger partial charge in [-0.15, -0.1) is 11.3 Å². The average Bonchev–Trinajstić information content (AvgIpc) is 3.04. The van der Waals surface area contributed by atoms with Crippen molar-refractivity contribution in [3.63, 3.8) is 0 Å². The van der Waals surface area contributed by atoms with E-state index in [9.17, 15) is 14.0 Å². The fourth-order valence-electron chi connectivity index (χ4n) is 3.73. The van der Waals surface area contributed by atoms with Crippen LogP contribution in [0.15, 0.2) is 24.3 Å². The molecule has 1 aromatic carbocycles. The third kappa shape index (κ3) is 5.08. The van der Waals surface area contributed by atoms with Gasteiger partial charge in [-0.05, 0) is 69.3 Å². The molecule has 0 saturated heterocycles. The second-order valence-electron chi connectivity index (χ2n) is 7.99. The van der Waals surface area contributed by atoms with Crippen LogP contribution in [0.3, 0.4) is 0 Å². The average molecular weight is 433 g/mol. The summed E-state index contributed by atoms with van der Waals surface area (Å²) in [5.74, 6) is -0.312. The first kappa shape index (κ1) is 22.4. The van der Waals surface area contributed by atoms with E-state index < -0.39 is 6.04 Å². The van der Waals surface area contributed by atoms with E-state index in [0.29, 0.717) is 29.6 Å². The lowest BCUT2D eigenvalue weighted by atomic mass is 9.88. The highest BCUT2D eigenvalue weighted by Crippen LogP contribution is 2.40. The zero-order chi connectivity index (χ0) is 21.8. The van der Waals surface area contributed by atoms with Crippen LogP contribution >= 0.6 is 11.3 Å². The van der Waals surface area contributed by atoms with Crippen molar-refractivity contribution in [1.29, 1.82) is 0 Å². The zero-order valence-electron chi connectivity index (χ0n) is 18.0. The number of rotatable bonds is 7. The molecular formula is C23H29FN2O3S. The maximum atomic E-state index is 13.4. The molecule has 162 valence electrons. The minimum Gasteiger partial charge on any atom is -0.462 e. The highest BCUT2D eigenvalue weighted by atomic mass is 32.1. The van der Waals surface area contributed by atoms with E-state index in [4.69, 9.17) is 4.74 Å². The number of esters is 1. The fourth-order valence-corrected chi connectivity index (χ4v) is 5.14. The molecule has 2 atom stereocenters. The summed E-state index contributed by atoms with van der Waals surface area (Å²) in [4.78, 5) is 28.6. The van der Waals surface area contributed by atoms with Crippen molar-refractivity contribution in [2.75, 3.05) is 19.0 Å². The molecule has 0 fully saturated rings. The summed E-state index contributed by atoms with van der Waals surface area (Å²) in [6, 6.07) is 5.90. The van der Waals surface area contributed by atoms with Gasteiger partial charge in [0.15, 0.2) is 0 Å². The molecule has 1 N–H and O–H groups in total. The minimum absolute atomic E-state index is 0.203. The number of benzene rings is 1. The molecule has 0 unspecified atom stereocenters. The van der Waals surface area contributed by atoms with Crippen molar-refractivity contribution in [1.82, 2.24) is 4.90 Å². The van der Waals surface area contributed by atoms with Gasteiger partial charge in [0.2, 0.25) is 5.91 Å². The maximum absolute atomic E-state index is 13.4. The molecule has 1 aliphatic rings. The van der Waals surface area contributed by atoms with Crippen molar-refractivity contribution in [3.8, 4) is 0 Å². The zero-order valence-corrected chi connectivity index (χ0v) is 18.8. The number of hydrogen-bond acceptors (Lipinski definition) is 5. The molecule has 0 bridgehead atoms. The quantitative estimate of drug-likeness (QED) is 0.647. The Kier molecular flexibility index (Phi) is 7.26. The number of nitrogens with zero attached hydrogens (tertiary/aromatic N) is 1. The molecule has 2 aromatic rings. The Balaban J connectivity index is 1.77. The summed E-state index contributed by atoms with van der Waals surface area (Å²) in [5.41, 5.74) is 2.33. The number of carbonyl (C=O) groups excluding carboxylic acids is 2. The van der Waals surface area contributed by atoms with Crippen LogP contribution in [0.5, 0.6) is 0 Å². The molecule has 1 amide bonds. The number of fused-ring (bicyclic) bond motifs is 1. The Labute approximate surface area is 181 Å². The van der Waals surface area contributed by atoms with Crippen LogP contribution < -0.4 is 5.32 Å². The monoisotopic (exact) mass is 432 g/mol. The van der Waals surface area contributed by atoms with Gasteiger partial charge in [-0.3, -0.25) is 9.69 Å². The van der Waals surface area contributed by atoms with E-state index in [1.807, 2.05) is 18.0 Å². The Morgan fingerprint density at radius 2 is 2.17 bits per heavy atom. The number of hydrogen-bond donors (Lipinski definition) is 1. The van der Waals surface area contributed by atoms with E-state index in [1.165, 1.54) is 23.5 Å². The van der Waals surface area contributed by atoms with Crippen LogP contribution in [-0.4, -0.2) is 36.5 Å². The lowest BCUT2D eigenvalue weighted by molar-refractivity contribution is -0.120. The van der Waals surface area contributed by atoms with Crippen LogP contribution in [0.1, 0.15) is 53.6 Å². The molecule has 1 aliphatic carbocycles. The molecule has 30 heavy (non-hydrogen) atoms. The predicted molar refractivity (Wildman–Crippen MR) is 117 cm³/mol. The third-order valence-corrected chi connectivity index (χ3v) is 6.76. The first-order valence-corrected chi connectivity index (χ1v) is 11.2. The van der Waals surface area contributed by atoms with Crippen LogP contribution in [0.2, 0.25) is 0 Å². The van der Waals surface area contributed by atoms with Gasteiger partial charge < -0.3 is 10.1 Å². The first-order valence-electron chi connectivity index (χ1n) is 10.4. The van der Waals surface area contributed by atoms with Crippen molar-refractivity contribution >= 4 is 28.2 Å². The SMILES string of the molecule is CCOC(=O)c1c(NC(=O)[C@H](C)N(C)Cc2cccc(F)c2)sc2c1CC[C@@H](C)C2. The van der Waals surface area contributed by atoms with Crippen molar-refractivity contribution in [2.24, 2.45) is 5.92 Å². The van der Waals surface area contributed by atoms with E-state index in [1.54, 1.807) is 19.9 Å². The smallest absolute Gasteiger partial charge is 0.341 e. The van der Waals surface area contributed by atoms with Crippen molar-refractivity contribution < 1.29 is 18.7 Å². The second-order valence-corrected chi connectivity index (χ2v) is 9.09. The predicted octanol–water partition coefficient (Wildman–Crippen LogP) is 4.65. The van der Waals surface area contributed by atoms with Crippen LogP contribution in [0.4, 0.5) is 9.39 Å². The summed E-state index contributed by atoms with van der Waals surface area (Å²) in [6.07, 6.45) is 2.76. The van der Waals surface area contributed by atoms with Gasteiger partial charge in [0.05, 0.1) is 18.2 Å². The van der Waals surface area contributed by atoms with Crippen molar-refractivity contribution in [2.45, 2.75) is 52.6 Å². The van der Waals surface area contributed by atoms with Crippen LogP contribution in [0.25, 0.3) is 0 Å². The number of likely N-dealkylation sites (N-methyl/N-ethyl adjacent to an activating group) is 1. The topological polar surface area (TPSA) is 58.6 Å². The number of nitrogens with one attached hydrogen (secondary N) is 1. The third-order valence-electron chi connectivity index (χ3n) is 5.59. The largest absolute Gasteiger partial charge is 0.462 e. The van der Waals surface area contributed by atoms with Gasteiger partial charge in [0.25, 0.3) is 0 Å². The molecule has 0 saturated carbocycles. The van der Waals surface area contributed by atoms with Crippen LogP contribution in [0, 0.1) is 11.7 Å². The number of amides is 1. The Morgan fingerprint density at radius 1 is 1.40 bits per heavy atom. The molecule has 5 nitrogen and oxygen atoms in total. The fraction of sp³-hybridized carbons (Fsp3) is 0.478. The van der Waals surface area contributed by atoms with Gasteiger partial charge in [0, 0.05) is 11.4 Å². The molecule has 7 heteroatoms. The molecule has 1 heterocycles. The highest BCUT2D eigenvalue weighted by molar-refractivity contribution is 7.17. The van der Waals surface area contributed by atoms with Gasteiger partial charge >= 0.3 is 5.97 Å². The first-order chi connectivity index (χ1) is 14.3. The second kappa shape index (κ2) is 9.71. The van der Waals surface area contributed by atoms with E-state index >= 15 is 0 Å². The van der Waals surface area contributed by atoms with Crippen LogP contribution in [-0.2, 0) is 28.9 Å². The van der Waals surface area contributed by atoms with Gasteiger partial charge in [-0.2, -0.15) is 0 Å². The number of anilines is 1. The lowest BCUT2D eigenvalue weighted by Crippen LogP contribution is -2.39. The van der Waals surface area contributed by atoms with E-state index in [-0.39, 0.29) is 17.7 Å². The van der Waals surface area contributed by atoms with Gasteiger partial charge in [0.1, 0.15) is 10.8 Å². The Hall–Kier alpha value is -2.25. The Bertz CT molecular complexity index is 927. The number of carbonyl (C=O) groups is 2. The van der Waals surface area contributed by atoms with E-state index in [2.05, 4.69) is 12.2 Å². The summed E-state index contributed by atoms with van der Waals surface area (Å²) < 4.78 is 18.7. The molecule has 0 radical (unpaired) electrons. The molecular weight excluding hydrogens is 403 g/mol. The maximum Gasteiger partial charge on any atom is 0.341 e. The number of thiophene rings is 1. The minimum atomic E-state index is -0.457. The molecule has 0 aliphatic heterocycles. The van der Waals surface area contributed by atoms with E-state index in [0.717, 1.165) is 35.3 Å².